The predicted molar refractivity (Wildman–Crippen MR) is 90.9 cm³/mol. The van der Waals surface area contributed by atoms with Gasteiger partial charge in [0.2, 0.25) is 0 Å². The molecule has 0 unspecified atom stereocenters. The van der Waals surface area contributed by atoms with Crippen molar-refractivity contribution >= 4 is 11.0 Å². The molecule has 0 aliphatic heterocycles. The molecule has 0 aliphatic rings. The van der Waals surface area contributed by atoms with Crippen LogP contribution in [0.5, 0.6) is 5.75 Å². The van der Waals surface area contributed by atoms with Crippen LogP contribution in [0.15, 0.2) is 80.6 Å². The number of benzene rings is 2. The first-order chi connectivity index (χ1) is 12.2. The highest BCUT2D eigenvalue weighted by atomic mass is 19.1. The van der Waals surface area contributed by atoms with Crippen LogP contribution in [0.2, 0.25) is 0 Å². The summed E-state index contributed by atoms with van der Waals surface area (Å²) >= 11 is 0. The number of hydrogen-bond donors (Lipinski definition) is 0. The molecule has 25 heavy (non-hydrogen) atoms. The number of halogens is 1. The quantitative estimate of drug-likeness (QED) is 0.538. The summed E-state index contributed by atoms with van der Waals surface area (Å²) in [5.74, 6) is 0.987. The van der Waals surface area contributed by atoms with Crippen molar-refractivity contribution < 1.29 is 18.0 Å². The van der Waals surface area contributed by atoms with E-state index >= 15 is 0 Å². The molecular formula is C20H13FO4. The third kappa shape index (κ3) is 3.04. The lowest BCUT2D eigenvalue weighted by Gasteiger charge is -2.08. The van der Waals surface area contributed by atoms with Crippen molar-refractivity contribution in [3.05, 3.63) is 88.5 Å². The van der Waals surface area contributed by atoms with E-state index in [1.165, 1.54) is 18.4 Å². The van der Waals surface area contributed by atoms with E-state index < -0.39 is 0 Å². The first kappa shape index (κ1) is 15.2. The maximum absolute atomic E-state index is 13.6. The molecular weight excluding hydrogens is 323 g/mol. The molecule has 2 aromatic carbocycles. The van der Waals surface area contributed by atoms with Gasteiger partial charge in [0, 0.05) is 11.6 Å². The summed E-state index contributed by atoms with van der Waals surface area (Å²) < 4.78 is 30.2. The van der Waals surface area contributed by atoms with Crippen LogP contribution in [0.25, 0.3) is 22.5 Å². The van der Waals surface area contributed by atoms with Crippen molar-refractivity contribution in [2.75, 3.05) is 0 Å². The maximum Gasteiger partial charge on any atom is 0.193 e. The van der Waals surface area contributed by atoms with Gasteiger partial charge in [0.1, 0.15) is 23.8 Å². The van der Waals surface area contributed by atoms with Crippen LogP contribution in [0, 0.1) is 5.82 Å². The SMILES string of the molecule is O=c1cc(-c2ccco2)oc2ccc(OCc3ccccc3F)cc12. The van der Waals surface area contributed by atoms with Crippen LogP contribution in [0.3, 0.4) is 0 Å². The molecule has 0 amide bonds. The van der Waals surface area contributed by atoms with E-state index in [4.69, 9.17) is 13.6 Å². The Balaban J connectivity index is 1.64. The highest BCUT2D eigenvalue weighted by molar-refractivity contribution is 5.79. The lowest BCUT2D eigenvalue weighted by molar-refractivity contribution is 0.300. The molecule has 0 fully saturated rings. The molecule has 0 saturated heterocycles. The van der Waals surface area contributed by atoms with Crippen LogP contribution in [-0.2, 0) is 6.61 Å². The van der Waals surface area contributed by atoms with Gasteiger partial charge >= 0.3 is 0 Å². The van der Waals surface area contributed by atoms with Crippen molar-refractivity contribution in [1.29, 1.82) is 0 Å². The number of hydrogen-bond acceptors (Lipinski definition) is 4. The third-order valence-corrected chi connectivity index (χ3v) is 3.81. The largest absolute Gasteiger partial charge is 0.489 e. The highest BCUT2D eigenvalue weighted by Gasteiger charge is 2.10. The Hall–Kier alpha value is -3.34. The normalized spacial score (nSPS) is 10.9. The smallest absolute Gasteiger partial charge is 0.193 e. The second-order valence-electron chi connectivity index (χ2n) is 5.49. The molecule has 0 atom stereocenters. The number of ether oxygens (including phenoxy) is 1. The van der Waals surface area contributed by atoms with Crippen molar-refractivity contribution in [3.8, 4) is 17.3 Å². The van der Waals surface area contributed by atoms with Crippen LogP contribution in [0.4, 0.5) is 4.39 Å². The Bertz CT molecular complexity index is 1080. The van der Waals surface area contributed by atoms with Gasteiger partial charge in [0.25, 0.3) is 0 Å². The minimum atomic E-state index is -0.328. The lowest BCUT2D eigenvalue weighted by Crippen LogP contribution is -2.02. The highest BCUT2D eigenvalue weighted by Crippen LogP contribution is 2.25. The molecule has 5 heteroatoms. The zero-order valence-electron chi connectivity index (χ0n) is 13.1. The van der Waals surface area contributed by atoms with Crippen molar-refractivity contribution in [2.24, 2.45) is 0 Å². The first-order valence-electron chi connectivity index (χ1n) is 7.69. The first-order valence-corrected chi connectivity index (χ1v) is 7.69. The molecule has 124 valence electrons. The lowest BCUT2D eigenvalue weighted by atomic mass is 10.2. The molecule has 4 aromatic rings. The average molecular weight is 336 g/mol. The molecule has 0 N–H and O–H groups in total. The van der Waals surface area contributed by atoms with Gasteiger partial charge < -0.3 is 13.6 Å². The summed E-state index contributed by atoms with van der Waals surface area (Å²) in [5.41, 5.74) is 0.670. The summed E-state index contributed by atoms with van der Waals surface area (Å²) in [6.07, 6.45) is 1.51. The Morgan fingerprint density at radius 3 is 2.64 bits per heavy atom. The van der Waals surface area contributed by atoms with Crippen molar-refractivity contribution in [1.82, 2.24) is 0 Å². The molecule has 4 rings (SSSR count). The van der Waals surface area contributed by atoms with E-state index in [0.29, 0.717) is 33.8 Å². The zero-order chi connectivity index (χ0) is 17.2. The van der Waals surface area contributed by atoms with Crippen LogP contribution in [-0.4, -0.2) is 0 Å². The van der Waals surface area contributed by atoms with Crippen LogP contribution in [0.1, 0.15) is 5.56 Å². The standard InChI is InChI=1S/C20H13FO4/c21-16-5-2-1-4-13(16)12-24-14-7-8-18-15(10-14)17(22)11-20(25-18)19-6-3-9-23-19/h1-11H,12H2. The summed E-state index contributed by atoms with van der Waals surface area (Å²) in [6, 6.07) is 16.1. The van der Waals surface area contributed by atoms with E-state index in [9.17, 15) is 9.18 Å². The molecule has 2 heterocycles. The maximum atomic E-state index is 13.6. The van der Waals surface area contributed by atoms with Gasteiger partial charge in [-0.25, -0.2) is 4.39 Å². The molecule has 2 aromatic heterocycles. The van der Waals surface area contributed by atoms with Gasteiger partial charge in [-0.1, -0.05) is 18.2 Å². The Morgan fingerprint density at radius 1 is 0.960 bits per heavy atom. The molecule has 0 bridgehead atoms. The Labute approximate surface area is 142 Å². The van der Waals surface area contributed by atoms with Crippen molar-refractivity contribution in [3.63, 3.8) is 0 Å². The van der Waals surface area contributed by atoms with Gasteiger partial charge in [-0.2, -0.15) is 0 Å². The van der Waals surface area contributed by atoms with Crippen molar-refractivity contribution in [2.45, 2.75) is 6.61 Å². The predicted octanol–water partition coefficient (Wildman–Crippen LogP) is 4.77. The fourth-order valence-corrected chi connectivity index (χ4v) is 2.54. The van der Waals surface area contributed by atoms with Crippen LogP contribution < -0.4 is 10.2 Å². The minimum Gasteiger partial charge on any atom is -0.489 e. The van der Waals surface area contributed by atoms with E-state index in [1.807, 2.05) is 0 Å². The van der Waals surface area contributed by atoms with Gasteiger partial charge in [-0.05, 0) is 36.4 Å². The summed E-state index contributed by atoms with van der Waals surface area (Å²) in [5, 5.41) is 0.390. The van der Waals surface area contributed by atoms with E-state index in [1.54, 1.807) is 48.5 Å². The Kier molecular flexibility index (Phi) is 3.82. The third-order valence-electron chi connectivity index (χ3n) is 3.81. The summed E-state index contributed by atoms with van der Waals surface area (Å²) in [6.45, 7) is 0.0774. The van der Waals surface area contributed by atoms with Gasteiger partial charge in [-0.3, -0.25) is 4.79 Å². The monoisotopic (exact) mass is 336 g/mol. The number of furan rings is 1. The second kappa shape index (κ2) is 6.28. The zero-order valence-corrected chi connectivity index (χ0v) is 13.1. The van der Waals surface area contributed by atoms with Gasteiger partial charge in [0.15, 0.2) is 16.9 Å². The fourth-order valence-electron chi connectivity index (χ4n) is 2.54. The second-order valence-corrected chi connectivity index (χ2v) is 5.49. The number of rotatable bonds is 4. The van der Waals surface area contributed by atoms with E-state index in [0.717, 1.165) is 0 Å². The molecule has 0 aliphatic carbocycles. The van der Waals surface area contributed by atoms with E-state index in [-0.39, 0.29) is 17.9 Å². The molecule has 0 saturated carbocycles. The average Bonchev–Trinajstić information content (AvgIpc) is 3.16. The molecule has 4 nitrogen and oxygen atoms in total. The minimum absolute atomic E-state index is 0.0774. The van der Waals surface area contributed by atoms with E-state index in [2.05, 4.69) is 0 Å². The summed E-state index contributed by atoms with van der Waals surface area (Å²) in [7, 11) is 0. The summed E-state index contributed by atoms with van der Waals surface area (Å²) in [4.78, 5) is 12.4. The van der Waals surface area contributed by atoms with Gasteiger partial charge in [-0.15, -0.1) is 0 Å². The molecule has 0 radical (unpaired) electrons. The fraction of sp³-hybridized carbons (Fsp3) is 0.0500. The topological polar surface area (TPSA) is 52.6 Å². The van der Waals surface area contributed by atoms with Crippen LogP contribution >= 0.6 is 0 Å². The van der Waals surface area contributed by atoms with Gasteiger partial charge in [0.05, 0.1) is 11.6 Å². The Morgan fingerprint density at radius 2 is 1.84 bits per heavy atom. The number of fused-ring (bicyclic) bond motifs is 1. The molecule has 0 spiro atoms.